The zero-order valence-corrected chi connectivity index (χ0v) is 10.5. The second-order valence-electron chi connectivity index (χ2n) is 3.90. The minimum absolute atomic E-state index is 0.413. The molecular formula is C11H21N5. The molecule has 0 atom stereocenters. The van der Waals surface area contributed by atoms with Gasteiger partial charge in [0.15, 0.2) is 0 Å². The third kappa shape index (κ3) is 2.41. The summed E-state index contributed by atoms with van der Waals surface area (Å²) in [5.74, 6) is 7.14. The van der Waals surface area contributed by atoms with Crippen LogP contribution in [-0.2, 0) is 6.42 Å². The molecule has 0 bridgehead atoms. The fourth-order valence-electron chi connectivity index (χ4n) is 1.86. The Kier molecular flexibility index (Phi) is 4.49. The van der Waals surface area contributed by atoms with Crippen molar-refractivity contribution in [2.24, 2.45) is 5.84 Å². The highest BCUT2D eigenvalue weighted by Crippen LogP contribution is 2.24. The lowest BCUT2D eigenvalue weighted by Crippen LogP contribution is -2.32. The number of nitrogens with zero attached hydrogens (tertiary/aromatic N) is 3. The third-order valence-electron chi connectivity index (χ3n) is 2.65. The van der Waals surface area contributed by atoms with Gasteiger partial charge < -0.3 is 10.3 Å². The Balaban J connectivity index is 3.20. The maximum absolute atomic E-state index is 5.45. The van der Waals surface area contributed by atoms with E-state index < -0.39 is 0 Å². The standard InChI is InChI=1S/C11H21N5/c1-5-9-10(15-12)13-7-14-11(9)16(6-2)8(3)4/h7-8H,5-6,12H2,1-4H3,(H,13,14,15). The number of rotatable bonds is 5. The SMILES string of the molecule is CCc1c(NN)ncnc1N(CC)C(C)C. The first-order valence-electron chi connectivity index (χ1n) is 5.72. The molecule has 0 aliphatic rings. The number of aromatic nitrogens is 2. The largest absolute Gasteiger partial charge is 0.354 e. The van der Waals surface area contributed by atoms with E-state index in [0.29, 0.717) is 11.9 Å². The molecule has 0 fully saturated rings. The fraction of sp³-hybridized carbons (Fsp3) is 0.636. The molecule has 1 aromatic heterocycles. The molecule has 5 nitrogen and oxygen atoms in total. The van der Waals surface area contributed by atoms with E-state index in [1.807, 2.05) is 0 Å². The molecule has 0 radical (unpaired) electrons. The summed E-state index contributed by atoms with van der Waals surface area (Å²) < 4.78 is 0. The van der Waals surface area contributed by atoms with Crippen molar-refractivity contribution in [3.63, 3.8) is 0 Å². The lowest BCUT2D eigenvalue weighted by molar-refractivity contribution is 0.687. The number of nitrogen functional groups attached to an aromatic ring is 1. The number of nitrogens with one attached hydrogen (secondary N) is 1. The normalized spacial score (nSPS) is 10.6. The molecule has 16 heavy (non-hydrogen) atoms. The zero-order chi connectivity index (χ0) is 12.1. The van der Waals surface area contributed by atoms with E-state index in [1.54, 1.807) is 6.33 Å². The quantitative estimate of drug-likeness (QED) is 0.585. The summed E-state index contributed by atoms with van der Waals surface area (Å²) in [5.41, 5.74) is 3.70. The van der Waals surface area contributed by atoms with Gasteiger partial charge in [-0.25, -0.2) is 15.8 Å². The molecule has 1 heterocycles. The summed E-state index contributed by atoms with van der Waals surface area (Å²) in [6.45, 7) is 9.43. The van der Waals surface area contributed by atoms with Crippen LogP contribution in [0.5, 0.6) is 0 Å². The average molecular weight is 223 g/mol. The molecule has 3 N–H and O–H groups in total. The van der Waals surface area contributed by atoms with E-state index in [0.717, 1.165) is 24.3 Å². The predicted octanol–water partition coefficient (Wildman–Crippen LogP) is 1.56. The highest BCUT2D eigenvalue weighted by Gasteiger charge is 2.16. The summed E-state index contributed by atoms with van der Waals surface area (Å²) in [4.78, 5) is 10.7. The van der Waals surface area contributed by atoms with Gasteiger partial charge in [0.2, 0.25) is 0 Å². The lowest BCUT2D eigenvalue weighted by Gasteiger charge is -2.28. The molecule has 0 aliphatic heterocycles. The van der Waals surface area contributed by atoms with Crippen LogP contribution in [0.25, 0.3) is 0 Å². The first kappa shape index (κ1) is 12.7. The van der Waals surface area contributed by atoms with Gasteiger partial charge in [-0.15, -0.1) is 0 Å². The van der Waals surface area contributed by atoms with Crippen molar-refractivity contribution in [2.75, 3.05) is 16.9 Å². The number of hydrogen-bond acceptors (Lipinski definition) is 5. The van der Waals surface area contributed by atoms with E-state index in [2.05, 4.69) is 48.0 Å². The Morgan fingerprint density at radius 3 is 2.50 bits per heavy atom. The van der Waals surface area contributed by atoms with Crippen LogP contribution in [0.3, 0.4) is 0 Å². The third-order valence-corrected chi connectivity index (χ3v) is 2.65. The molecule has 0 unspecified atom stereocenters. The van der Waals surface area contributed by atoms with Crippen molar-refractivity contribution >= 4 is 11.6 Å². The molecule has 1 aromatic rings. The van der Waals surface area contributed by atoms with Gasteiger partial charge >= 0.3 is 0 Å². The van der Waals surface area contributed by atoms with Gasteiger partial charge in [0.05, 0.1) is 0 Å². The lowest BCUT2D eigenvalue weighted by atomic mass is 10.2. The highest BCUT2D eigenvalue weighted by atomic mass is 15.3. The molecule has 0 aromatic carbocycles. The van der Waals surface area contributed by atoms with E-state index in [-0.39, 0.29) is 0 Å². The maximum atomic E-state index is 5.45. The monoisotopic (exact) mass is 223 g/mol. The summed E-state index contributed by atoms with van der Waals surface area (Å²) in [6.07, 6.45) is 2.41. The minimum Gasteiger partial charge on any atom is -0.354 e. The Morgan fingerprint density at radius 1 is 1.38 bits per heavy atom. The van der Waals surface area contributed by atoms with Crippen LogP contribution < -0.4 is 16.2 Å². The van der Waals surface area contributed by atoms with Crippen LogP contribution in [0.15, 0.2) is 6.33 Å². The molecule has 90 valence electrons. The van der Waals surface area contributed by atoms with Gasteiger partial charge in [-0.3, -0.25) is 0 Å². The Hall–Kier alpha value is -1.36. The van der Waals surface area contributed by atoms with Crippen LogP contribution in [0.2, 0.25) is 0 Å². The van der Waals surface area contributed by atoms with Crippen molar-refractivity contribution in [1.29, 1.82) is 0 Å². The molecule has 1 rings (SSSR count). The molecule has 0 spiro atoms. The van der Waals surface area contributed by atoms with Crippen LogP contribution in [0.4, 0.5) is 11.6 Å². The summed E-state index contributed by atoms with van der Waals surface area (Å²) in [6, 6.07) is 0.413. The summed E-state index contributed by atoms with van der Waals surface area (Å²) >= 11 is 0. The first-order chi connectivity index (χ1) is 7.65. The minimum atomic E-state index is 0.413. The number of nitrogens with two attached hydrogens (primary N) is 1. The van der Waals surface area contributed by atoms with E-state index in [9.17, 15) is 0 Å². The predicted molar refractivity (Wildman–Crippen MR) is 67.4 cm³/mol. The van der Waals surface area contributed by atoms with E-state index in [4.69, 9.17) is 5.84 Å². The first-order valence-corrected chi connectivity index (χ1v) is 5.72. The Bertz CT molecular complexity index is 337. The van der Waals surface area contributed by atoms with Crippen LogP contribution in [-0.4, -0.2) is 22.6 Å². The van der Waals surface area contributed by atoms with E-state index in [1.165, 1.54) is 0 Å². The number of hydrazine groups is 1. The molecule has 0 aliphatic carbocycles. The van der Waals surface area contributed by atoms with Crippen LogP contribution >= 0.6 is 0 Å². The van der Waals surface area contributed by atoms with Crippen LogP contribution in [0, 0.1) is 0 Å². The van der Waals surface area contributed by atoms with Gasteiger partial charge in [-0.05, 0) is 27.2 Å². The highest BCUT2D eigenvalue weighted by molar-refractivity contribution is 5.58. The van der Waals surface area contributed by atoms with Gasteiger partial charge in [-0.1, -0.05) is 6.92 Å². The van der Waals surface area contributed by atoms with Gasteiger partial charge in [-0.2, -0.15) is 0 Å². The van der Waals surface area contributed by atoms with Gasteiger partial charge in [0.25, 0.3) is 0 Å². The van der Waals surface area contributed by atoms with Crippen molar-refractivity contribution in [3.05, 3.63) is 11.9 Å². The van der Waals surface area contributed by atoms with Crippen molar-refractivity contribution in [1.82, 2.24) is 9.97 Å². The Morgan fingerprint density at radius 2 is 2.06 bits per heavy atom. The molecule has 5 heteroatoms. The molecule has 0 amide bonds. The molecule has 0 saturated heterocycles. The van der Waals surface area contributed by atoms with Crippen molar-refractivity contribution in [2.45, 2.75) is 40.2 Å². The second-order valence-corrected chi connectivity index (χ2v) is 3.90. The summed E-state index contributed by atoms with van der Waals surface area (Å²) in [7, 11) is 0. The maximum Gasteiger partial charge on any atom is 0.148 e. The van der Waals surface area contributed by atoms with Crippen molar-refractivity contribution < 1.29 is 0 Å². The Labute approximate surface area is 97.0 Å². The molecule has 0 saturated carbocycles. The smallest absolute Gasteiger partial charge is 0.148 e. The average Bonchev–Trinajstić information content (AvgIpc) is 2.29. The molecular weight excluding hydrogens is 202 g/mol. The van der Waals surface area contributed by atoms with Gasteiger partial charge in [0, 0.05) is 18.2 Å². The fourth-order valence-corrected chi connectivity index (χ4v) is 1.86. The van der Waals surface area contributed by atoms with Crippen molar-refractivity contribution in [3.8, 4) is 0 Å². The second kappa shape index (κ2) is 5.65. The number of hydrogen-bond donors (Lipinski definition) is 2. The van der Waals surface area contributed by atoms with Gasteiger partial charge in [0.1, 0.15) is 18.0 Å². The van der Waals surface area contributed by atoms with E-state index >= 15 is 0 Å². The zero-order valence-electron chi connectivity index (χ0n) is 10.5. The summed E-state index contributed by atoms with van der Waals surface area (Å²) in [5, 5.41) is 0. The van der Waals surface area contributed by atoms with Crippen LogP contribution in [0.1, 0.15) is 33.3 Å². The number of anilines is 2. The topological polar surface area (TPSA) is 67.1 Å².